The van der Waals surface area contributed by atoms with Gasteiger partial charge in [-0.25, -0.2) is 0 Å². The zero-order valence-corrected chi connectivity index (χ0v) is 21.0. The number of ketones is 1. The van der Waals surface area contributed by atoms with Crippen LogP contribution in [0.1, 0.15) is 61.5 Å². The molecule has 1 heterocycles. The van der Waals surface area contributed by atoms with Gasteiger partial charge in [0.25, 0.3) is 0 Å². The Hall–Kier alpha value is -2.64. The summed E-state index contributed by atoms with van der Waals surface area (Å²) < 4.78 is 2.19. The molecule has 1 aliphatic rings. The van der Waals surface area contributed by atoms with Gasteiger partial charge >= 0.3 is 0 Å². The first kappa shape index (κ1) is 24.5. The number of hydrogen-bond acceptors (Lipinski definition) is 5. The second kappa shape index (κ2) is 11.2. The van der Waals surface area contributed by atoms with Gasteiger partial charge in [0, 0.05) is 30.6 Å². The molecule has 0 aliphatic heterocycles. The third kappa shape index (κ3) is 5.70. The minimum Gasteiger partial charge on any atom is -0.356 e. The van der Waals surface area contributed by atoms with Gasteiger partial charge in [-0.1, -0.05) is 72.6 Å². The van der Waals surface area contributed by atoms with Gasteiger partial charge < -0.3 is 5.32 Å². The number of benzene rings is 2. The molecular weight excluding hydrogens is 468 g/mol. The summed E-state index contributed by atoms with van der Waals surface area (Å²) in [4.78, 5) is 24.2. The van der Waals surface area contributed by atoms with Crippen LogP contribution in [0, 0.1) is 0 Å². The molecule has 0 spiro atoms. The highest BCUT2D eigenvalue weighted by Crippen LogP contribution is 2.39. The van der Waals surface area contributed by atoms with Crippen molar-refractivity contribution in [2.45, 2.75) is 62.4 Å². The Morgan fingerprint density at radius 1 is 1.12 bits per heavy atom. The molecule has 0 unspecified atom stereocenters. The molecule has 3 aromatic rings. The fourth-order valence-corrected chi connectivity index (χ4v) is 5.56. The van der Waals surface area contributed by atoms with Gasteiger partial charge in [0.05, 0.1) is 10.3 Å². The summed E-state index contributed by atoms with van der Waals surface area (Å²) in [7, 11) is 0. The quantitative estimate of drug-likeness (QED) is 0.301. The molecule has 4 rings (SSSR count). The summed E-state index contributed by atoms with van der Waals surface area (Å²) in [6, 6.07) is 15.6. The second-order valence-electron chi connectivity index (χ2n) is 8.65. The van der Waals surface area contributed by atoms with Gasteiger partial charge in [-0.15, -0.1) is 10.2 Å². The van der Waals surface area contributed by atoms with Crippen molar-refractivity contribution in [3.05, 3.63) is 64.7 Å². The summed E-state index contributed by atoms with van der Waals surface area (Å²) >= 11 is 7.93. The summed E-state index contributed by atoms with van der Waals surface area (Å²) in [6.45, 7) is 4.01. The molecule has 1 atom stereocenters. The monoisotopic (exact) mass is 496 g/mol. The molecule has 0 radical (unpaired) electrons. The number of nitrogens with one attached hydrogen (secondary N) is 1. The zero-order valence-electron chi connectivity index (χ0n) is 19.5. The average molecular weight is 497 g/mol. The Bertz CT molecular complexity index is 1160. The minimum atomic E-state index is -0.311. The third-order valence-corrected chi connectivity index (χ3v) is 7.53. The van der Waals surface area contributed by atoms with Gasteiger partial charge in [0.1, 0.15) is 0 Å². The fourth-order valence-electron chi connectivity index (χ4n) is 4.34. The number of halogens is 1. The maximum atomic E-state index is 13.2. The summed E-state index contributed by atoms with van der Waals surface area (Å²) in [5.74, 6) is 0.780. The van der Waals surface area contributed by atoms with E-state index in [9.17, 15) is 9.59 Å². The maximum absolute atomic E-state index is 13.2. The van der Waals surface area contributed by atoms with Gasteiger partial charge in [0.15, 0.2) is 16.8 Å². The first-order chi connectivity index (χ1) is 16.4. The lowest BCUT2D eigenvalue weighted by Gasteiger charge is -2.18. The van der Waals surface area contributed by atoms with Gasteiger partial charge in [0.2, 0.25) is 5.91 Å². The minimum absolute atomic E-state index is 0.0409. The van der Waals surface area contributed by atoms with Gasteiger partial charge in [-0.05, 0) is 43.9 Å². The van der Waals surface area contributed by atoms with Crippen LogP contribution in [-0.2, 0) is 11.2 Å². The van der Waals surface area contributed by atoms with Crippen LogP contribution in [0.2, 0.25) is 5.02 Å². The summed E-state index contributed by atoms with van der Waals surface area (Å²) in [5.41, 5.74) is 2.61. The van der Waals surface area contributed by atoms with Crippen LogP contribution in [0.25, 0.3) is 11.4 Å². The Labute approximate surface area is 209 Å². The van der Waals surface area contributed by atoms with E-state index in [0.717, 1.165) is 41.4 Å². The van der Waals surface area contributed by atoms with E-state index in [1.807, 2.05) is 55.5 Å². The first-order valence-corrected chi connectivity index (χ1v) is 12.9. The molecule has 8 heteroatoms. The van der Waals surface area contributed by atoms with Crippen LogP contribution in [0.3, 0.4) is 0 Å². The predicted molar refractivity (Wildman–Crippen MR) is 136 cm³/mol. The van der Waals surface area contributed by atoms with E-state index in [2.05, 4.69) is 20.1 Å². The second-order valence-corrected chi connectivity index (χ2v) is 10.4. The topological polar surface area (TPSA) is 76.9 Å². The van der Waals surface area contributed by atoms with E-state index in [1.54, 1.807) is 0 Å². The van der Waals surface area contributed by atoms with E-state index >= 15 is 0 Å². The van der Waals surface area contributed by atoms with Crippen LogP contribution < -0.4 is 5.32 Å². The number of thioether (sulfide) groups is 1. The zero-order chi connectivity index (χ0) is 24.1. The molecule has 1 aliphatic carbocycles. The van der Waals surface area contributed by atoms with Crippen molar-refractivity contribution in [1.29, 1.82) is 0 Å². The molecule has 1 fully saturated rings. The number of Topliss-reactive ketones (excluding diaryl/α,β-unsaturated/α-hetero) is 1. The number of carbonyl (C=O) groups excluding carboxylic acids is 2. The van der Waals surface area contributed by atoms with Crippen LogP contribution in [0.5, 0.6) is 0 Å². The highest BCUT2D eigenvalue weighted by Gasteiger charge is 2.28. The number of nitrogens with zero attached hydrogens (tertiary/aromatic N) is 3. The molecule has 1 N–H and O–H groups in total. The van der Waals surface area contributed by atoms with Crippen molar-refractivity contribution >= 4 is 35.1 Å². The van der Waals surface area contributed by atoms with Crippen LogP contribution >= 0.6 is 23.4 Å². The molecular formula is C26H29ClN4O2S. The van der Waals surface area contributed by atoms with Crippen molar-refractivity contribution < 1.29 is 9.59 Å². The van der Waals surface area contributed by atoms with Gasteiger partial charge in [-0.3, -0.25) is 14.2 Å². The first-order valence-electron chi connectivity index (χ1n) is 11.7. The molecule has 0 saturated heterocycles. The van der Waals surface area contributed by atoms with Crippen LogP contribution in [0.15, 0.2) is 53.7 Å². The molecule has 1 saturated carbocycles. The van der Waals surface area contributed by atoms with Crippen molar-refractivity contribution in [2.24, 2.45) is 0 Å². The molecule has 1 amide bonds. The maximum Gasteiger partial charge on any atom is 0.216 e. The smallest absolute Gasteiger partial charge is 0.216 e. The normalized spacial score (nSPS) is 14.8. The van der Waals surface area contributed by atoms with E-state index < -0.39 is 0 Å². The van der Waals surface area contributed by atoms with E-state index in [1.165, 1.54) is 31.5 Å². The predicted octanol–water partition coefficient (Wildman–Crippen LogP) is 5.76. The van der Waals surface area contributed by atoms with Crippen LogP contribution in [0.4, 0.5) is 0 Å². The Morgan fingerprint density at radius 2 is 1.82 bits per heavy atom. The molecule has 34 heavy (non-hydrogen) atoms. The number of rotatable bonds is 9. The van der Waals surface area contributed by atoms with Crippen LogP contribution in [-0.4, -0.2) is 38.2 Å². The molecule has 0 bridgehead atoms. The number of hydrogen-bond donors (Lipinski definition) is 1. The van der Waals surface area contributed by atoms with E-state index in [0.29, 0.717) is 23.2 Å². The van der Waals surface area contributed by atoms with Gasteiger partial charge in [-0.2, -0.15) is 0 Å². The molecule has 1 aromatic heterocycles. The summed E-state index contributed by atoms with van der Waals surface area (Å²) in [6.07, 6.45) is 5.24. The largest absolute Gasteiger partial charge is 0.356 e. The lowest BCUT2D eigenvalue weighted by molar-refractivity contribution is -0.118. The number of carbonyl (C=O) groups is 2. The highest BCUT2D eigenvalue weighted by atomic mass is 35.5. The molecule has 178 valence electrons. The Morgan fingerprint density at radius 3 is 2.50 bits per heavy atom. The van der Waals surface area contributed by atoms with E-state index in [-0.39, 0.29) is 16.9 Å². The molecule has 2 aromatic carbocycles. The SMILES string of the molecule is CC(=O)NCCc1ccc(C(=O)[C@H](C)Sc2nnc(-c3ccccc3Cl)n2C2CCCC2)cc1. The fraction of sp³-hybridized carbons (Fsp3) is 0.385. The number of aromatic nitrogens is 3. The number of amides is 1. The Kier molecular flexibility index (Phi) is 8.06. The summed E-state index contributed by atoms with van der Waals surface area (Å²) in [5, 5.41) is 12.9. The Balaban J connectivity index is 1.51. The average Bonchev–Trinajstić information content (AvgIpc) is 3.49. The van der Waals surface area contributed by atoms with Crippen molar-refractivity contribution in [3.63, 3.8) is 0 Å². The van der Waals surface area contributed by atoms with E-state index in [4.69, 9.17) is 11.6 Å². The lowest BCUT2D eigenvalue weighted by Crippen LogP contribution is -2.22. The standard InChI is InChI=1S/C26H29ClN4O2S/c1-17(24(33)20-13-11-19(12-14-20)15-16-28-18(2)32)34-26-30-29-25(22-9-5-6-10-23(22)27)31(26)21-7-3-4-8-21/h5-6,9-14,17,21H,3-4,7-8,15-16H2,1-2H3,(H,28,32)/t17-/m0/s1. The van der Waals surface area contributed by atoms with Crippen molar-refractivity contribution in [1.82, 2.24) is 20.1 Å². The highest BCUT2D eigenvalue weighted by molar-refractivity contribution is 8.00. The third-order valence-electron chi connectivity index (χ3n) is 6.15. The van der Waals surface area contributed by atoms with Crippen molar-refractivity contribution in [3.8, 4) is 11.4 Å². The lowest BCUT2D eigenvalue weighted by atomic mass is 10.0. The molecule has 6 nitrogen and oxygen atoms in total. The van der Waals surface area contributed by atoms with Crippen molar-refractivity contribution in [2.75, 3.05) is 6.54 Å².